The Morgan fingerprint density at radius 2 is 2.12 bits per heavy atom. The fourth-order valence-electron chi connectivity index (χ4n) is 3.31. The molecule has 1 atom stereocenters. The maximum Gasteiger partial charge on any atom is 0.295 e. The third-order valence-electron chi connectivity index (χ3n) is 4.65. The molecule has 1 aliphatic rings. The predicted molar refractivity (Wildman–Crippen MR) is 97.0 cm³/mol. The van der Waals surface area contributed by atoms with Crippen LogP contribution in [-0.2, 0) is 7.05 Å². The standard InChI is InChI=1S/C18H21N5O2/c1-22-17(24)10-9-16(21-22)23-11-5-4-6-13(23)12-19-18-20-14-7-2-3-8-15(14)25-18/h2-3,7-10,13H,4-6,11-12H2,1H3,(H,19,20). The van der Waals surface area contributed by atoms with Crippen molar-refractivity contribution >= 4 is 22.9 Å². The van der Waals surface area contributed by atoms with Crippen molar-refractivity contribution in [3.05, 3.63) is 46.8 Å². The summed E-state index contributed by atoms with van der Waals surface area (Å²) in [5.74, 6) is 0.839. The predicted octanol–water partition coefficient (Wildman–Crippen LogP) is 2.39. The van der Waals surface area contributed by atoms with E-state index in [1.165, 1.54) is 11.1 Å². The molecule has 1 aliphatic heterocycles. The van der Waals surface area contributed by atoms with Crippen LogP contribution in [0.3, 0.4) is 0 Å². The third-order valence-corrected chi connectivity index (χ3v) is 4.65. The van der Waals surface area contributed by atoms with Gasteiger partial charge in [0, 0.05) is 32.2 Å². The molecular formula is C18H21N5O2. The summed E-state index contributed by atoms with van der Waals surface area (Å²) in [5.41, 5.74) is 1.54. The van der Waals surface area contributed by atoms with E-state index < -0.39 is 0 Å². The largest absolute Gasteiger partial charge is 0.424 e. The topological polar surface area (TPSA) is 76.2 Å². The fraction of sp³-hybridized carbons (Fsp3) is 0.389. The van der Waals surface area contributed by atoms with Gasteiger partial charge in [-0.25, -0.2) is 4.68 Å². The number of oxazole rings is 1. The number of piperidine rings is 1. The molecule has 1 N–H and O–H groups in total. The number of nitrogens with zero attached hydrogens (tertiary/aromatic N) is 4. The first kappa shape index (κ1) is 15.7. The SMILES string of the molecule is Cn1nc(N2CCCCC2CNc2nc3ccccc3o2)ccc1=O. The van der Waals surface area contributed by atoms with Gasteiger partial charge >= 0.3 is 0 Å². The van der Waals surface area contributed by atoms with E-state index in [1.54, 1.807) is 19.2 Å². The van der Waals surface area contributed by atoms with Crippen LogP contribution < -0.4 is 15.8 Å². The lowest BCUT2D eigenvalue weighted by atomic mass is 10.0. The zero-order valence-electron chi connectivity index (χ0n) is 14.2. The Bertz CT molecular complexity index is 899. The second kappa shape index (κ2) is 6.58. The molecule has 1 fully saturated rings. The van der Waals surface area contributed by atoms with E-state index in [0.29, 0.717) is 6.01 Å². The molecule has 0 radical (unpaired) electrons. The van der Waals surface area contributed by atoms with Gasteiger partial charge in [0.2, 0.25) is 0 Å². The van der Waals surface area contributed by atoms with Crippen molar-refractivity contribution in [3.8, 4) is 0 Å². The first-order chi connectivity index (χ1) is 12.2. The highest BCUT2D eigenvalue weighted by atomic mass is 16.4. The number of para-hydroxylation sites is 2. The molecule has 1 saturated heterocycles. The van der Waals surface area contributed by atoms with E-state index in [1.807, 2.05) is 24.3 Å². The van der Waals surface area contributed by atoms with Crippen LogP contribution in [0.1, 0.15) is 19.3 Å². The van der Waals surface area contributed by atoms with Crippen LogP contribution in [0.5, 0.6) is 0 Å². The van der Waals surface area contributed by atoms with Crippen molar-refractivity contribution in [2.45, 2.75) is 25.3 Å². The van der Waals surface area contributed by atoms with Crippen LogP contribution in [0.25, 0.3) is 11.1 Å². The molecule has 0 bridgehead atoms. The lowest BCUT2D eigenvalue weighted by Gasteiger charge is -2.36. The maximum absolute atomic E-state index is 11.6. The minimum absolute atomic E-state index is 0.0955. The summed E-state index contributed by atoms with van der Waals surface area (Å²) < 4.78 is 7.12. The first-order valence-electron chi connectivity index (χ1n) is 8.61. The molecule has 2 aromatic heterocycles. The Morgan fingerprint density at radius 1 is 1.24 bits per heavy atom. The van der Waals surface area contributed by atoms with Gasteiger partial charge < -0.3 is 14.6 Å². The molecular weight excluding hydrogens is 318 g/mol. The second-order valence-electron chi connectivity index (χ2n) is 6.36. The Hall–Kier alpha value is -2.83. The van der Waals surface area contributed by atoms with Crippen molar-refractivity contribution in [2.75, 3.05) is 23.3 Å². The minimum atomic E-state index is -0.0955. The van der Waals surface area contributed by atoms with Gasteiger partial charge in [0.1, 0.15) is 11.3 Å². The van der Waals surface area contributed by atoms with Gasteiger partial charge in [-0.1, -0.05) is 12.1 Å². The highest BCUT2D eigenvalue weighted by Crippen LogP contribution is 2.23. The number of aryl methyl sites for hydroxylation is 1. The fourth-order valence-corrected chi connectivity index (χ4v) is 3.31. The van der Waals surface area contributed by atoms with Gasteiger partial charge in [-0.05, 0) is 37.5 Å². The van der Waals surface area contributed by atoms with Crippen LogP contribution in [0.2, 0.25) is 0 Å². The summed E-state index contributed by atoms with van der Waals surface area (Å²) in [6, 6.07) is 11.9. The van der Waals surface area contributed by atoms with Gasteiger partial charge in [0.15, 0.2) is 5.58 Å². The normalized spacial score (nSPS) is 17.8. The van der Waals surface area contributed by atoms with Crippen molar-refractivity contribution in [1.82, 2.24) is 14.8 Å². The number of hydrogen-bond acceptors (Lipinski definition) is 6. The van der Waals surface area contributed by atoms with E-state index in [2.05, 4.69) is 20.3 Å². The number of rotatable bonds is 4. The Balaban J connectivity index is 1.50. The lowest BCUT2D eigenvalue weighted by molar-refractivity contribution is 0.460. The summed E-state index contributed by atoms with van der Waals surface area (Å²) in [6.07, 6.45) is 3.38. The summed E-state index contributed by atoms with van der Waals surface area (Å²) in [5, 5.41) is 7.71. The van der Waals surface area contributed by atoms with Gasteiger partial charge in [-0.15, -0.1) is 0 Å². The smallest absolute Gasteiger partial charge is 0.295 e. The van der Waals surface area contributed by atoms with E-state index in [0.717, 1.165) is 42.8 Å². The molecule has 3 aromatic rings. The van der Waals surface area contributed by atoms with Crippen molar-refractivity contribution in [3.63, 3.8) is 0 Å². The Morgan fingerprint density at radius 3 is 2.96 bits per heavy atom. The van der Waals surface area contributed by atoms with Gasteiger partial charge in [0.05, 0.1) is 0 Å². The number of fused-ring (bicyclic) bond motifs is 1. The lowest BCUT2D eigenvalue weighted by Crippen LogP contribution is -2.44. The van der Waals surface area contributed by atoms with Crippen molar-refractivity contribution in [1.29, 1.82) is 0 Å². The molecule has 1 aromatic carbocycles. The third kappa shape index (κ3) is 3.22. The summed E-state index contributed by atoms with van der Waals surface area (Å²) >= 11 is 0. The van der Waals surface area contributed by atoms with E-state index in [4.69, 9.17) is 4.42 Å². The quantitative estimate of drug-likeness (QED) is 0.786. The van der Waals surface area contributed by atoms with E-state index in [-0.39, 0.29) is 11.6 Å². The van der Waals surface area contributed by atoms with E-state index in [9.17, 15) is 4.79 Å². The molecule has 4 rings (SSSR count). The van der Waals surface area contributed by atoms with E-state index >= 15 is 0 Å². The molecule has 1 unspecified atom stereocenters. The molecule has 25 heavy (non-hydrogen) atoms. The second-order valence-corrected chi connectivity index (χ2v) is 6.36. The van der Waals surface area contributed by atoms with Crippen LogP contribution >= 0.6 is 0 Å². The molecule has 130 valence electrons. The molecule has 7 heteroatoms. The Labute approximate surface area is 145 Å². The highest BCUT2D eigenvalue weighted by Gasteiger charge is 2.24. The average Bonchev–Trinajstić information content (AvgIpc) is 3.05. The minimum Gasteiger partial charge on any atom is -0.424 e. The van der Waals surface area contributed by atoms with Crippen LogP contribution in [-0.4, -0.2) is 33.9 Å². The molecule has 0 saturated carbocycles. The highest BCUT2D eigenvalue weighted by molar-refractivity contribution is 5.74. The average molecular weight is 339 g/mol. The molecule has 0 spiro atoms. The summed E-state index contributed by atoms with van der Waals surface area (Å²) in [6.45, 7) is 1.66. The molecule has 0 amide bonds. The monoisotopic (exact) mass is 339 g/mol. The molecule has 0 aliphatic carbocycles. The first-order valence-corrected chi connectivity index (χ1v) is 8.61. The number of hydrogen-bond donors (Lipinski definition) is 1. The van der Waals surface area contributed by atoms with Crippen LogP contribution in [0.4, 0.5) is 11.8 Å². The number of aromatic nitrogens is 3. The summed E-state index contributed by atoms with van der Waals surface area (Å²) in [7, 11) is 1.68. The maximum atomic E-state index is 11.6. The zero-order chi connectivity index (χ0) is 17.2. The van der Waals surface area contributed by atoms with Gasteiger partial charge in [0.25, 0.3) is 11.6 Å². The van der Waals surface area contributed by atoms with Crippen LogP contribution in [0, 0.1) is 0 Å². The number of nitrogens with one attached hydrogen (secondary N) is 1. The Kier molecular flexibility index (Phi) is 4.13. The van der Waals surface area contributed by atoms with Crippen LogP contribution in [0.15, 0.2) is 45.6 Å². The van der Waals surface area contributed by atoms with Crippen molar-refractivity contribution in [2.24, 2.45) is 7.05 Å². The zero-order valence-corrected chi connectivity index (χ0v) is 14.2. The number of benzene rings is 1. The molecule has 3 heterocycles. The van der Waals surface area contributed by atoms with Gasteiger partial charge in [-0.3, -0.25) is 4.79 Å². The number of anilines is 2. The molecule has 7 nitrogen and oxygen atoms in total. The summed E-state index contributed by atoms with van der Waals surface area (Å²) in [4.78, 5) is 18.3. The van der Waals surface area contributed by atoms with Gasteiger partial charge in [-0.2, -0.15) is 10.1 Å². The van der Waals surface area contributed by atoms with Crippen molar-refractivity contribution < 1.29 is 4.42 Å².